The van der Waals surface area contributed by atoms with E-state index in [4.69, 9.17) is 4.74 Å². The largest absolute Gasteiger partial charge is 0.386 e. The molecule has 3 rings (SSSR count). The number of benzene rings is 1. The van der Waals surface area contributed by atoms with Crippen LogP contribution in [0.2, 0.25) is 0 Å². The molecule has 1 N–H and O–H groups in total. The van der Waals surface area contributed by atoms with E-state index in [-0.39, 0.29) is 11.4 Å². The molecule has 21 heavy (non-hydrogen) atoms. The Hall–Kier alpha value is -0.970. The molecule has 0 spiro atoms. The average molecular weight is 293 g/mol. The van der Waals surface area contributed by atoms with Crippen molar-refractivity contribution in [3.8, 4) is 0 Å². The van der Waals surface area contributed by atoms with E-state index in [1.54, 1.807) is 13.0 Å². The van der Waals surface area contributed by atoms with E-state index >= 15 is 0 Å². The van der Waals surface area contributed by atoms with Gasteiger partial charge in [0, 0.05) is 13.1 Å². The minimum atomic E-state index is -0.631. The molecule has 1 heterocycles. The van der Waals surface area contributed by atoms with E-state index in [1.807, 2.05) is 6.07 Å². The number of aliphatic hydroxyl groups is 1. The van der Waals surface area contributed by atoms with Crippen molar-refractivity contribution < 1.29 is 14.2 Å². The van der Waals surface area contributed by atoms with Gasteiger partial charge in [0.15, 0.2) is 0 Å². The van der Waals surface area contributed by atoms with Gasteiger partial charge in [0.2, 0.25) is 0 Å². The van der Waals surface area contributed by atoms with Gasteiger partial charge in [0.25, 0.3) is 0 Å². The Bertz CT molecular complexity index is 494. The van der Waals surface area contributed by atoms with Crippen LogP contribution in [0.25, 0.3) is 0 Å². The molecule has 3 nitrogen and oxygen atoms in total. The molecule has 1 aromatic carbocycles. The van der Waals surface area contributed by atoms with Gasteiger partial charge in [-0.1, -0.05) is 25.0 Å². The molecule has 0 radical (unpaired) electrons. The Kier molecular flexibility index (Phi) is 4.29. The smallest absolute Gasteiger partial charge is 0.126 e. The highest BCUT2D eigenvalue weighted by atomic mass is 19.1. The van der Waals surface area contributed by atoms with Gasteiger partial charge in [-0.25, -0.2) is 4.39 Å². The molecule has 116 valence electrons. The first-order chi connectivity index (χ1) is 10.1. The highest BCUT2D eigenvalue weighted by Gasteiger charge is 2.46. The first-order valence-electron chi connectivity index (χ1n) is 7.90. The topological polar surface area (TPSA) is 32.7 Å². The van der Waals surface area contributed by atoms with Crippen molar-refractivity contribution in [3.63, 3.8) is 0 Å². The second-order valence-electron chi connectivity index (χ2n) is 6.32. The number of aryl methyl sites for hydroxylation is 1. The summed E-state index contributed by atoms with van der Waals surface area (Å²) in [6.45, 7) is 4.89. The van der Waals surface area contributed by atoms with Crippen LogP contribution in [0.15, 0.2) is 18.2 Å². The molecule has 0 bridgehead atoms. The van der Waals surface area contributed by atoms with E-state index in [2.05, 4.69) is 4.90 Å². The quantitative estimate of drug-likeness (QED) is 0.930. The predicted molar refractivity (Wildman–Crippen MR) is 79.7 cm³/mol. The van der Waals surface area contributed by atoms with Crippen LogP contribution in [0, 0.1) is 12.7 Å². The SMILES string of the molecule is Cc1ccc(C(O)C2(N3CCOCC3)CCCC2)cc1F. The maximum Gasteiger partial charge on any atom is 0.126 e. The van der Waals surface area contributed by atoms with Gasteiger partial charge in [-0.2, -0.15) is 0 Å². The van der Waals surface area contributed by atoms with Crippen molar-refractivity contribution in [1.29, 1.82) is 0 Å². The van der Waals surface area contributed by atoms with Gasteiger partial charge < -0.3 is 9.84 Å². The van der Waals surface area contributed by atoms with Gasteiger partial charge in [0.05, 0.1) is 24.9 Å². The first-order valence-corrected chi connectivity index (χ1v) is 7.90. The zero-order valence-electron chi connectivity index (χ0n) is 12.6. The Morgan fingerprint density at radius 3 is 2.52 bits per heavy atom. The summed E-state index contributed by atoms with van der Waals surface area (Å²) in [5.74, 6) is -0.235. The lowest BCUT2D eigenvalue weighted by Crippen LogP contribution is -2.55. The molecule has 0 aromatic heterocycles. The summed E-state index contributed by atoms with van der Waals surface area (Å²) in [4.78, 5) is 2.37. The van der Waals surface area contributed by atoms with Crippen molar-refractivity contribution in [2.75, 3.05) is 26.3 Å². The molecule has 0 amide bonds. The minimum absolute atomic E-state index is 0.235. The molecule has 1 saturated carbocycles. The summed E-state index contributed by atoms with van der Waals surface area (Å²) < 4.78 is 19.3. The monoisotopic (exact) mass is 293 g/mol. The van der Waals surface area contributed by atoms with Crippen LogP contribution in [-0.4, -0.2) is 41.8 Å². The number of nitrogens with zero attached hydrogens (tertiary/aromatic N) is 1. The molecule has 1 unspecified atom stereocenters. The van der Waals surface area contributed by atoms with E-state index in [1.165, 1.54) is 6.07 Å². The lowest BCUT2D eigenvalue weighted by molar-refractivity contribution is -0.0775. The van der Waals surface area contributed by atoms with Crippen molar-refractivity contribution in [2.24, 2.45) is 0 Å². The average Bonchev–Trinajstić information content (AvgIpc) is 3.01. The molecule has 1 aliphatic heterocycles. The van der Waals surface area contributed by atoms with E-state index in [0.717, 1.165) is 52.0 Å². The maximum atomic E-state index is 13.8. The highest BCUT2D eigenvalue weighted by Crippen LogP contribution is 2.45. The maximum absolute atomic E-state index is 13.8. The Labute approximate surface area is 125 Å². The zero-order chi connectivity index (χ0) is 14.9. The van der Waals surface area contributed by atoms with Gasteiger partial charge in [-0.05, 0) is 37.0 Å². The van der Waals surface area contributed by atoms with E-state index in [0.29, 0.717) is 11.1 Å². The number of halogens is 1. The normalized spacial score (nSPS) is 24.1. The summed E-state index contributed by atoms with van der Waals surface area (Å²) in [6.07, 6.45) is 3.58. The van der Waals surface area contributed by atoms with E-state index < -0.39 is 6.10 Å². The van der Waals surface area contributed by atoms with Crippen LogP contribution in [0.4, 0.5) is 4.39 Å². The van der Waals surface area contributed by atoms with Crippen LogP contribution < -0.4 is 0 Å². The third kappa shape index (κ3) is 2.72. The van der Waals surface area contributed by atoms with Gasteiger partial charge in [0.1, 0.15) is 5.82 Å². The Morgan fingerprint density at radius 2 is 1.90 bits per heavy atom. The molecule has 1 aliphatic carbocycles. The predicted octanol–water partition coefficient (Wildman–Crippen LogP) is 2.81. The number of rotatable bonds is 3. The van der Waals surface area contributed by atoms with Gasteiger partial charge in [-0.15, -0.1) is 0 Å². The molecule has 1 aromatic rings. The molecular weight excluding hydrogens is 269 g/mol. The molecule has 2 aliphatic rings. The van der Waals surface area contributed by atoms with Crippen molar-refractivity contribution in [3.05, 3.63) is 35.1 Å². The molecule has 1 saturated heterocycles. The zero-order valence-corrected chi connectivity index (χ0v) is 12.6. The lowest BCUT2D eigenvalue weighted by atomic mass is 9.83. The minimum Gasteiger partial charge on any atom is -0.386 e. The lowest BCUT2D eigenvalue weighted by Gasteiger charge is -2.46. The standard InChI is InChI=1S/C17H24FNO2/c1-13-4-5-14(12-15(13)18)16(20)17(6-2-3-7-17)19-8-10-21-11-9-19/h4-5,12,16,20H,2-3,6-11H2,1H3. The number of aliphatic hydroxyl groups excluding tert-OH is 1. The first kappa shape index (κ1) is 14.9. The number of morpholine rings is 1. The summed E-state index contributed by atoms with van der Waals surface area (Å²) in [5, 5.41) is 11.0. The Morgan fingerprint density at radius 1 is 1.24 bits per heavy atom. The molecular formula is C17H24FNO2. The van der Waals surface area contributed by atoms with Crippen molar-refractivity contribution in [2.45, 2.75) is 44.2 Å². The molecule has 1 atom stereocenters. The van der Waals surface area contributed by atoms with Crippen LogP contribution in [0.5, 0.6) is 0 Å². The summed E-state index contributed by atoms with van der Waals surface area (Å²) in [7, 11) is 0. The van der Waals surface area contributed by atoms with Crippen LogP contribution >= 0.6 is 0 Å². The second-order valence-corrected chi connectivity index (χ2v) is 6.32. The molecule has 4 heteroatoms. The Balaban J connectivity index is 1.90. The molecule has 2 fully saturated rings. The fourth-order valence-electron chi connectivity index (χ4n) is 3.85. The summed E-state index contributed by atoms with van der Waals surface area (Å²) >= 11 is 0. The number of hydrogen-bond acceptors (Lipinski definition) is 3. The summed E-state index contributed by atoms with van der Waals surface area (Å²) in [6, 6.07) is 5.12. The summed E-state index contributed by atoms with van der Waals surface area (Å²) in [5.41, 5.74) is 1.08. The second kappa shape index (κ2) is 6.03. The number of hydrogen-bond donors (Lipinski definition) is 1. The van der Waals surface area contributed by atoms with Crippen LogP contribution in [-0.2, 0) is 4.74 Å². The van der Waals surface area contributed by atoms with E-state index in [9.17, 15) is 9.50 Å². The van der Waals surface area contributed by atoms with Crippen LogP contribution in [0.1, 0.15) is 42.9 Å². The fourth-order valence-corrected chi connectivity index (χ4v) is 3.85. The number of ether oxygens (including phenoxy) is 1. The van der Waals surface area contributed by atoms with Gasteiger partial charge >= 0.3 is 0 Å². The van der Waals surface area contributed by atoms with Crippen molar-refractivity contribution in [1.82, 2.24) is 4.90 Å². The fraction of sp³-hybridized carbons (Fsp3) is 0.647. The van der Waals surface area contributed by atoms with Crippen LogP contribution in [0.3, 0.4) is 0 Å². The van der Waals surface area contributed by atoms with Gasteiger partial charge in [-0.3, -0.25) is 4.90 Å². The van der Waals surface area contributed by atoms with Crippen molar-refractivity contribution >= 4 is 0 Å². The highest BCUT2D eigenvalue weighted by molar-refractivity contribution is 5.28. The third-order valence-corrected chi connectivity index (χ3v) is 5.13. The third-order valence-electron chi connectivity index (χ3n) is 5.13.